The normalized spacial score (nSPS) is 10.3. The Balaban J connectivity index is 2.07. The second-order valence-corrected chi connectivity index (χ2v) is 5.21. The van der Waals surface area contributed by atoms with Gasteiger partial charge in [0.05, 0.1) is 22.7 Å². The van der Waals surface area contributed by atoms with Gasteiger partial charge >= 0.3 is 5.69 Å². The second kappa shape index (κ2) is 6.33. The van der Waals surface area contributed by atoms with Crippen LogP contribution in [0.25, 0.3) is 0 Å². The Morgan fingerprint density at radius 2 is 2.30 bits per heavy atom. The number of nitro benzene ring substituents is 1. The highest BCUT2D eigenvalue weighted by molar-refractivity contribution is 7.09. The van der Waals surface area contributed by atoms with Crippen molar-refractivity contribution in [1.29, 1.82) is 0 Å². The average Bonchev–Trinajstić information content (AvgIpc) is 2.83. The fourth-order valence-electron chi connectivity index (χ4n) is 1.87. The number of hydrogen-bond acceptors (Lipinski definition) is 6. The molecular weight excluding hydrogens is 278 g/mol. The summed E-state index contributed by atoms with van der Waals surface area (Å²) in [6, 6.07) is 4.97. The maximum Gasteiger partial charge on any atom is 0.333 e. The SMILES string of the molecule is COc1cccc(NCCc2csc(C)n2)c1[N+](=O)[O-]. The van der Waals surface area contributed by atoms with Crippen LogP contribution in [0.4, 0.5) is 11.4 Å². The summed E-state index contributed by atoms with van der Waals surface area (Å²) in [5.74, 6) is 0.254. The number of nitrogens with zero attached hydrogens (tertiary/aromatic N) is 2. The van der Waals surface area contributed by atoms with Crippen molar-refractivity contribution in [2.75, 3.05) is 19.0 Å². The standard InChI is InChI=1S/C13H15N3O3S/c1-9-15-10(8-20-9)6-7-14-11-4-3-5-12(19-2)13(11)16(17)18/h3-5,8,14H,6-7H2,1-2H3. The molecular formula is C13H15N3O3S. The van der Waals surface area contributed by atoms with Crippen LogP contribution in [-0.2, 0) is 6.42 Å². The zero-order valence-corrected chi connectivity index (χ0v) is 12.1. The van der Waals surface area contributed by atoms with Gasteiger partial charge in [0, 0.05) is 18.3 Å². The van der Waals surface area contributed by atoms with Gasteiger partial charge in [-0.3, -0.25) is 10.1 Å². The molecule has 0 bridgehead atoms. The van der Waals surface area contributed by atoms with Gasteiger partial charge in [0.25, 0.3) is 0 Å². The van der Waals surface area contributed by atoms with Crippen LogP contribution < -0.4 is 10.1 Å². The number of ether oxygens (including phenoxy) is 1. The molecule has 0 saturated heterocycles. The fraction of sp³-hybridized carbons (Fsp3) is 0.308. The summed E-state index contributed by atoms with van der Waals surface area (Å²) < 4.78 is 5.02. The molecule has 0 aliphatic rings. The molecule has 0 spiro atoms. The zero-order valence-electron chi connectivity index (χ0n) is 11.3. The minimum absolute atomic E-state index is 0.0375. The molecule has 106 valence electrons. The van der Waals surface area contributed by atoms with Crippen molar-refractivity contribution in [2.24, 2.45) is 0 Å². The zero-order chi connectivity index (χ0) is 14.5. The number of para-hydroxylation sites is 1. The molecule has 20 heavy (non-hydrogen) atoms. The van der Waals surface area contributed by atoms with Crippen LogP contribution in [0.1, 0.15) is 10.7 Å². The number of hydrogen-bond donors (Lipinski definition) is 1. The van der Waals surface area contributed by atoms with E-state index in [0.29, 0.717) is 12.2 Å². The third-order valence-corrected chi connectivity index (χ3v) is 3.59. The lowest BCUT2D eigenvalue weighted by atomic mass is 10.2. The van der Waals surface area contributed by atoms with Gasteiger partial charge in [-0.1, -0.05) is 6.07 Å². The lowest BCUT2D eigenvalue weighted by Crippen LogP contribution is -2.07. The van der Waals surface area contributed by atoms with E-state index < -0.39 is 4.92 Å². The Hall–Kier alpha value is -2.15. The molecule has 0 aliphatic heterocycles. The highest BCUT2D eigenvalue weighted by Gasteiger charge is 2.19. The minimum Gasteiger partial charge on any atom is -0.490 e. The Kier molecular flexibility index (Phi) is 4.52. The van der Waals surface area contributed by atoms with E-state index in [-0.39, 0.29) is 11.4 Å². The average molecular weight is 293 g/mol. The summed E-state index contributed by atoms with van der Waals surface area (Å²) in [7, 11) is 1.42. The van der Waals surface area contributed by atoms with Crippen LogP contribution in [-0.4, -0.2) is 23.6 Å². The van der Waals surface area contributed by atoms with Gasteiger partial charge < -0.3 is 10.1 Å². The molecule has 0 fully saturated rings. The van der Waals surface area contributed by atoms with Crippen LogP contribution in [0.3, 0.4) is 0 Å². The van der Waals surface area contributed by atoms with E-state index in [1.165, 1.54) is 7.11 Å². The lowest BCUT2D eigenvalue weighted by molar-refractivity contribution is -0.384. The lowest BCUT2D eigenvalue weighted by Gasteiger charge is -2.08. The molecule has 1 aromatic carbocycles. The molecule has 1 N–H and O–H groups in total. The first-order valence-corrected chi connectivity index (χ1v) is 6.96. The van der Waals surface area contributed by atoms with E-state index in [0.717, 1.165) is 17.1 Å². The Morgan fingerprint density at radius 3 is 2.90 bits per heavy atom. The highest BCUT2D eigenvalue weighted by atomic mass is 32.1. The Labute approximate surface area is 120 Å². The maximum atomic E-state index is 11.1. The number of benzene rings is 1. The predicted molar refractivity (Wildman–Crippen MR) is 78.7 cm³/mol. The van der Waals surface area contributed by atoms with Crippen molar-refractivity contribution in [3.63, 3.8) is 0 Å². The van der Waals surface area contributed by atoms with Gasteiger partial charge in [-0.2, -0.15) is 0 Å². The molecule has 0 aliphatic carbocycles. The highest BCUT2D eigenvalue weighted by Crippen LogP contribution is 2.34. The number of aromatic nitrogens is 1. The largest absolute Gasteiger partial charge is 0.490 e. The fourth-order valence-corrected chi connectivity index (χ4v) is 2.51. The van der Waals surface area contributed by atoms with Gasteiger partial charge in [0.15, 0.2) is 5.75 Å². The predicted octanol–water partition coefficient (Wildman–Crippen LogP) is 3.02. The van der Waals surface area contributed by atoms with Crippen LogP contribution in [0.2, 0.25) is 0 Å². The number of nitro groups is 1. The van der Waals surface area contributed by atoms with Crippen molar-refractivity contribution in [1.82, 2.24) is 4.98 Å². The molecule has 7 heteroatoms. The van der Waals surface area contributed by atoms with Crippen molar-refractivity contribution in [2.45, 2.75) is 13.3 Å². The first-order chi connectivity index (χ1) is 9.61. The molecule has 0 unspecified atom stereocenters. The van der Waals surface area contributed by atoms with Crippen LogP contribution in [0, 0.1) is 17.0 Å². The molecule has 2 aromatic rings. The smallest absolute Gasteiger partial charge is 0.333 e. The van der Waals surface area contributed by atoms with Crippen molar-refractivity contribution in [3.8, 4) is 5.75 Å². The van der Waals surface area contributed by atoms with Gasteiger partial charge in [-0.15, -0.1) is 11.3 Å². The summed E-state index contributed by atoms with van der Waals surface area (Å²) in [4.78, 5) is 15.0. The van der Waals surface area contributed by atoms with Crippen LogP contribution >= 0.6 is 11.3 Å². The number of anilines is 1. The van der Waals surface area contributed by atoms with E-state index in [2.05, 4.69) is 10.3 Å². The molecule has 0 atom stereocenters. The van der Waals surface area contributed by atoms with Gasteiger partial charge in [-0.25, -0.2) is 4.98 Å². The van der Waals surface area contributed by atoms with Gasteiger partial charge in [-0.05, 0) is 19.1 Å². The number of methoxy groups -OCH3 is 1. The number of aryl methyl sites for hydroxylation is 1. The molecule has 0 amide bonds. The second-order valence-electron chi connectivity index (χ2n) is 4.15. The van der Waals surface area contributed by atoms with E-state index in [9.17, 15) is 10.1 Å². The van der Waals surface area contributed by atoms with Crippen LogP contribution in [0.5, 0.6) is 5.75 Å². The third kappa shape index (κ3) is 3.24. The topological polar surface area (TPSA) is 77.3 Å². The Morgan fingerprint density at radius 1 is 1.50 bits per heavy atom. The third-order valence-electron chi connectivity index (χ3n) is 2.76. The van der Waals surface area contributed by atoms with Gasteiger partial charge in [0.2, 0.25) is 0 Å². The van der Waals surface area contributed by atoms with Crippen molar-refractivity contribution in [3.05, 3.63) is 44.4 Å². The Bertz CT molecular complexity index is 613. The molecule has 6 nitrogen and oxygen atoms in total. The number of thiazole rings is 1. The molecule has 0 saturated carbocycles. The minimum atomic E-state index is -0.436. The quantitative estimate of drug-likeness (QED) is 0.654. The molecule has 1 heterocycles. The molecule has 2 rings (SSSR count). The summed E-state index contributed by atoms with van der Waals surface area (Å²) in [6.45, 7) is 2.53. The van der Waals surface area contributed by atoms with E-state index in [1.807, 2.05) is 12.3 Å². The van der Waals surface area contributed by atoms with Crippen molar-refractivity contribution >= 4 is 22.7 Å². The summed E-state index contributed by atoms with van der Waals surface area (Å²) in [5, 5.41) is 17.2. The summed E-state index contributed by atoms with van der Waals surface area (Å²) in [6.07, 6.45) is 0.721. The van der Waals surface area contributed by atoms with Crippen molar-refractivity contribution < 1.29 is 9.66 Å². The summed E-state index contributed by atoms with van der Waals surface area (Å²) >= 11 is 1.60. The summed E-state index contributed by atoms with van der Waals surface area (Å²) in [5.41, 5.74) is 1.41. The monoisotopic (exact) mass is 293 g/mol. The van der Waals surface area contributed by atoms with E-state index in [4.69, 9.17) is 4.74 Å². The first kappa shape index (κ1) is 14.3. The number of nitrogens with one attached hydrogen (secondary N) is 1. The van der Waals surface area contributed by atoms with Crippen LogP contribution in [0.15, 0.2) is 23.6 Å². The number of rotatable bonds is 6. The maximum absolute atomic E-state index is 11.1. The molecule has 1 aromatic heterocycles. The molecule has 0 radical (unpaired) electrons. The van der Waals surface area contributed by atoms with E-state index in [1.54, 1.807) is 29.5 Å². The van der Waals surface area contributed by atoms with E-state index >= 15 is 0 Å². The first-order valence-electron chi connectivity index (χ1n) is 6.08. The van der Waals surface area contributed by atoms with Gasteiger partial charge in [0.1, 0.15) is 5.69 Å².